The highest BCUT2D eigenvalue weighted by Gasteiger charge is 2.29. The Morgan fingerprint density at radius 1 is 0.625 bits per heavy atom. The molecule has 268 valence electrons. The summed E-state index contributed by atoms with van der Waals surface area (Å²) in [7, 11) is 0. The van der Waals surface area contributed by atoms with Crippen LogP contribution in [0.4, 0.5) is 17.6 Å². The molecule has 0 atom stereocenters. The third-order valence-electron chi connectivity index (χ3n) is 9.51. The van der Waals surface area contributed by atoms with Crippen LogP contribution in [0.15, 0.2) is 35.4 Å². The lowest BCUT2D eigenvalue weighted by molar-refractivity contribution is -0.207. The summed E-state index contributed by atoms with van der Waals surface area (Å²) in [6.45, 7) is 9.89. The summed E-state index contributed by atoms with van der Waals surface area (Å²) in [5, 5.41) is 0. The summed E-state index contributed by atoms with van der Waals surface area (Å²) in [6, 6.07) is 5.98. The Morgan fingerprint density at radius 2 is 1.08 bits per heavy atom. The van der Waals surface area contributed by atoms with Crippen molar-refractivity contribution in [3.05, 3.63) is 75.4 Å². The third kappa shape index (κ3) is 11.0. The number of hydrogen-bond acceptors (Lipinski definition) is 5. The van der Waals surface area contributed by atoms with Crippen molar-refractivity contribution < 1.29 is 41.2 Å². The molecule has 0 aromatic heterocycles. The quantitative estimate of drug-likeness (QED) is 0.0892. The molecule has 2 aliphatic rings. The van der Waals surface area contributed by atoms with Crippen molar-refractivity contribution in [3.63, 3.8) is 0 Å². The van der Waals surface area contributed by atoms with Crippen LogP contribution in [-0.4, -0.2) is 33.0 Å². The number of ether oxygens (including phenoxy) is 5. The molecule has 0 spiro atoms. The Hall–Kier alpha value is -2.46. The van der Waals surface area contributed by atoms with E-state index in [1.54, 1.807) is 24.6 Å². The van der Waals surface area contributed by atoms with Crippen molar-refractivity contribution in [2.24, 2.45) is 11.8 Å². The van der Waals surface area contributed by atoms with Crippen molar-refractivity contribution >= 4 is 0 Å². The summed E-state index contributed by atoms with van der Waals surface area (Å²) >= 11 is 0. The van der Waals surface area contributed by atoms with Crippen LogP contribution < -0.4 is 4.74 Å². The molecule has 48 heavy (non-hydrogen) atoms. The maximum Gasteiger partial charge on any atom is 0.201 e. The second-order valence-corrected chi connectivity index (χ2v) is 13.6. The minimum absolute atomic E-state index is 0.0711. The lowest BCUT2D eigenvalue weighted by Gasteiger charge is -2.30. The number of halogens is 4. The zero-order chi connectivity index (χ0) is 34.5. The van der Waals surface area contributed by atoms with Crippen LogP contribution >= 0.6 is 0 Å². The molecular weight excluding hydrogens is 624 g/mol. The Bertz CT molecular complexity index is 1310. The van der Waals surface area contributed by atoms with Crippen molar-refractivity contribution in [1.29, 1.82) is 0 Å². The molecule has 0 aliphatic carbocycles. The lowest BCUT2D eigenvalue weighted by atomic mass is 9.95. The molecule has 0 saturated carbocycles. The van der Waals surface area contributed by atoms with Gasteiger partial charge in [-0.15, -0.1) is 0 Å². The molecule has 0 unspecified atom stereocenters. The van der Waals surface area contributed by atoms with E-state index >= 15 is 0 Å². The van der Waals surface area contributed by atoms with E-state index < -0.39 is 35.8 Å². The highest BCUT2D eigenvalue weighted by molar-refractivity contribution is 5.32. The smallest absolute Gasteiger partial charge is 0.201 e. The summed E-state index contributed by atoms with van der Waals surface area (Å²) in [5.41, 5.74) is 3.48. The summed E-state index contributed by atoms with van der Waals surface area (Å²) in [5.74, 6) is -3.27. The van der Waals surface area contributed by atoms with E-state index in [9.17, 15) is 17.6 Å². The molecule has 0 bridgehead atoms. The van der Waals surface area contributed by atoms with Crippen LogP contribution in [-0.2, 0) is 18.9 Å². The molecule has 0 N–H and O–H groups in total. The van der Waals surface area contributed by atoms with Crippen molar-refractivity contribution in [2.45, 2.75) is 117 Å². The Morgan fingerprint density at radius 3 is 1.56 bits per heavy atom. The van der Waals surface area contributed by atoms with Crippen LogP contribution in [0, 0.1) is 42.0 Å². The molecule has 2 saturated heterocycles. The van der Waals surface area contributed by atoms with Gasteiger partial charge in [-0.25, -0.2) is 13.2 Å². The van der Waals surface area contributed by atoms with Gasteiger partial charge in [-0.1, -0.05) is 61.8 Å². The number of allylic oxidation sites excluding steroid dienone is 2. The van der Waals surface area contributed by atoms with E-state index in [4.69, 9.17) is 23.7 Å². The van der Waals surface area contributed by atoms with Gasteiger partial charge in [-0.3, -0.25) is 0 Å². The summed E-state index contributed by atoms with van der Waals surface area (Å²) in [6.07, 6.45) is 11.8. The largest absolute Gasteiger partial charge is 0.491 e. The zero-order valence-electron chi connectivity index (χ0n) is 29.2. The molecular formula is C39H54F4O5. The second-order valence-electron chi connectivity index (χ2n) is 13.6. The van der Waals surface area contributed by atoms with E-state index in [0.29, 0.717) is 26.4 Å². The summed E-state index contributed by atoms with van der Waals surface area (Å²) in [4.78, 5) is 0. The lowest BCUT2D eigenvalue weighted by Crippen LogP contribution is -2.27. The fraction of sp³-hybridized carbons (Fsp3) is 0.641. The minimum atomic E-state index is -1.01. The van der Waals surface area contributed by atoms with E-state index in [2.05, 4.69) is 13.8 Å². The second kappa shape index (κ2) is 19.7. The predicted molar refractivity (Wildman–Crippen MR) is 179 cm³/mol. The molecule has 9 heteroatoms. The van der Waals surface area contributed by atoms with Gasteiger partial charge in [0.25, 0.3) is 0 Å². The van der Waals surface area contributed by atoms with Gasteiger partial charge in [0.2, 0.25) is 5.82 Å². The van der Waals surface area contributed by atoms with Crippen LogP contribution in [0.2, 0.25) is 0 Å². The van der Waals surface area contributed by atoms with Gasteiger partial charge < -0.3 is 23.7 Å². The van der Waals surface area contributed by atoms with Crippen molar-refractivity contribution in [2.75, 3.05) is 33.0 Å². The van der Waals surface area contributed by atoms with E-state index in [1.807, 2.05) is 0 Å². The fourth-order valence-corrected chi connectivity index (χ4v) is 6.49. The van der Waals surface area contributed by atoms with Crippen LogP contribution in [0.5, 0.6) is 5.75 Å². The predicted octanol–water partition coefficient (Wildman–Crippen LogP) is 11.0. The average molecular weight is 679 g/mol. The van der Waals surface area contributed by atoms with E-state index in [0.717, 1.165) is 51.4 Å². The molecule has 5 nitrogen and oxygen atoms in total. The molecule has 0 radical (unpaired) electrons. The maximum atomic E-state index is 14.5. The molecule has 2 aliphatic heterocycles. The van der Waals surface area contributed by atoms with Crippen molar-refractivity contribution in [3.8, 4) is 5.75 Å². The maximum absolute atomic E-state index is 14.5. The molecule has 2 aromatic rings. The fourth-order valence-electron chi connectivity index (χ4n) is 6.49. The normalized spacial score (nSPS) is 21.3. The zero-order valence-corrected chi connectivity index (χ0v) is 29.2. The molecule has 4 rings (SSSR count). The number of aryl methyl sites for hydroxylation is 1. The third-order valence-corrected chi connectivity index (χ3v) is 9.51. The number of hydrogen-bond donors (Lipinski definition) is 0. The highest BCUT2D eigenvalue weighted by atomic mass is 19.2. The standard InChI is InChI=1S/C39H54F4O5/c1-5-44-33-21-20-32(36(42)37(33)43)39-47-24-29(25-48-39)15-11-7-9-13-17-30(26(2)3)16-12-8-6-10-14-28-22-45-38(46-23-28)31-19-18-27(4)34(40)35(31)41/h18-21,28-29,38-39H,5-17,22-25H2,1-4H3. The molecule has 2 aromatic carbocycles. The topological polar surface area (TPSA) is 46.2 Å². The average Bonchev–Trinajstić information content (AvgIpc) is 3.08. The van der Waals surface area contributed by atoms with E-state index in [1.165, 1.54) is 50.3 Å². The Kier molecular flexibility index (Phi) is 15.7. The first kappa shape index (κ1) is 38.3. The van der Waals surface area contributed by atoms with Gasteiger partial charge in [-0.2, -0.15) is 4.39 Å². The molecule has 2 heterocycles. The molecule has 2 fully saturated rings. The van der Waals surface area contributed by atoms with Crippen LogP contribution in [0.1, 0.15) is 127 Å². The van der Waals surface area contributed by atoms with Gasteiger partial charge in [-0.05, 0) is 83.9 Å². The number of unbranched alkanes of at least 4 members (excludes halogenated alkanes) is 6. The van der Waals surface area contributed by atoms with Crippen LogP contribution in [0.3, 0.4) is 0 Å². The summed E-state index contributed by atoms with van der Waals surface area (Å²) < 4.78 is 85.1. The highest BCUT2D eigenvalue weighted by Crippen LogP contribution is 2.33. The SMILES string of the molecule is CCOc1ccc(C2OCC(CCCCCCC(CCCCCCC3COC(c4ccc(C)c(F)c4F)OC3)=C(C)C)CO2)c(F)c1F. The number of rotatable bonds is 18. The van der Waals surface area contributed by atoms with Gasteiger partial charge in [0.1, 0.15) is 0 Å². The Labute approximate surface area is 284 Å². The first-order chi connectivity index (χ1) is 23.2. The number of benzene rings is 2. The van der Waals surface area contributed by atoms with E-state index in [-0.39, 0.29) is 40.9 Å². The Balaban J connectivity index is 1.01. The van der Waals surface area contributed by atoms with Gasteiger partial charge in [0.05, 0.1) is 33.0 Å². The van der Waals surface area contributed by atoms with Crippen molar-refractivity contribution in [1.82, 2.24) is 0 Å². The van der Waals surface area contributed by atoms with Gasteiger partial charge in [0.15, 0.2) is 35.8 Å². The monoisotopic (exact) mass is 678 g/mol. The van der Waals surface area contributed by atoms with Gasteiger partial charge in [0, 0.05) is 23.0 Å². The van der Waals surface area contributed by atoms with Gasteiger partial charge >= 0.3 is 0 Å². The van der Waals surface area contributed by atoms with Crippen LogP contribution in [0.25, 0.3) is 0 Å². The first-order valence-electron chi connectivity index (χ1n) is 17.9. The first-order valence-corrected chi connectivity index (χ1v) is 17.9. The minimum Gasteiger partial charge on any atom is -0.491 e. The molecule has 0 amide bonds.